The lowest BCUT2D eigenvalue weighted by Gasteiger charge is -2.26. The predicted octanol–water partition coefficient (Wildman–Crippen LogP) is 4.50. The summed E-state index contributed by atoms with van der Waals surface area (Å²) in [5, 5.41) is 3.07. The van der Waals surface area contributed by atoms with Crippen LogP contribution in [0.3, 0.4) is 0 Å². The Hall–Kier alpha value is -3.23. The fourth-order valence-electron chi connectivity index (χ4n) is 3.10. The minimum Gasteiger partial charge on any atom is -0.497 e. The van der Waals surface area contributed by atoms with Crippen molar-refractivity contribution in [3.63, 3.8) is 0 Å². The van der Waals surface area contributed by atoms with Crippen LogP contribution in [0.1, 0.15) is 5.56 Å². The van der Waals surface area contributed by atoms with E-state index in [-0.39, 0.29) is 4.90 Å². The van der Waals surface area contributed by atoms with Crippen LogP contribution >= 0.6 is 11.6 Å². The molecule has 3 aromatic rings. The van der Waals surface area contributed by atoms with Gasteiger partial charge in [0.05, 0.1) is 30.5 Å². The Balaban J connectivity index is 2.00. The van der Waals surface area contributed by atoms with Crippen molar-refractivity contribution in [2.45, 2.75) is 11.8 Å². The van der Waals surface area contributed by atoms with Crippen LogP contribution in [-0.4, -0.2) is 35.1 Å². The fraction of sp³-hybridized carbons (Fsp3) is 0.174. The van der Waals surface area contributed by atoms with E-state index in [1.165, 1.54) is 32.4 Å². The van der Waals surface area contributed by atoms with Crippen LogP contribution in [0.5, 0.6) is 11.5 Å². The monoisotopic (exact) mass is 474 g/mol. The summed E-state index contributed by atoms with van der Waals surface area (Å²) in [6.07, 6.45) is 0. The number of methoxy groups -OCH3 is 2. The molecule has 3 aromatic carbocycles. The molecule has 1 amide bonds. The molecule has 1 N–H and O–H groups in total. The van der Waals surface area contributed by atoms with E-state index in [0.29, 0.717) is 33.5 Å². The predicted molar refractivity (Wildman–Crippen MR) is 125 cm³/mol. The van der Waals surface area contributed by atoms with Crippen LogP contribution in [0.25, 0.3) is 0 Å². The fourth-order valence-corrected chi connectivity index (χ4v) is 4.77. The molecule has 0 radical (unpaired) electrons. The van der Waals surface area contributed by atoms with Crippen molar-refractivity contribution in [2.24, 2.45) is 0 Å². The van der Waals surface area contributed by atoms with E-state index in [1.54, 1.807) is 55.5 Å². The molecule has 0 bridgehead atoms. The molecule has 9 heteroatoms. The van der Waals surface area contributed by atoms with Gasteiger partial charge >= 0.3 is 0 Å². The minimum absolute atomic E-state index is 0.0612. The van der Waals surface area contributed by atoms with Crippen LogP contribution in [0, 0.1) is 6.92 Å². The van der Waals surface area contributed by atoms with Gasteiger partial charge in [0.15, 0.2) is 0 Å². The number of ether oxygens (including phenoxy) is 2. The summed E-state index contributed by atoms with van der Waals surface area (Å²) in [6.45, 7) is 1.28. The van der Waals surface area contributed by atoms with Crippen molar-refractivity contribution in [3.05, 3.63) is 77.3 Å². The third-order valence-electron chi connectivity index (χ3n) is 4.74. The number of benzene rings is 3. The Labute approximate surface area is 192 Å². The normalized spacial score (nSPS) is 11.0. The van der Waals surface area contributed by atoms with Crippen molar-refractivity contribution < 1.29 is 22.7 Å². The lowest BCUT2D eigenvalue weighted by atomic mass is 10.2. The van der Waals surface area contributed by atoms with Gasteiger partial charge in [0.1, 0.15) is 18.0 Å². The first-order valence-electron chi connectivity index (χ1n) is 9.62. The molecule has 0 heterocycles. The summed E-state index contributed by atoms with van der Waals surface area (Å²) in [4.78, 5) is 13.1. The van der Waals surface area contributed by atoms with E-state index >= 15 is 0 Å². The average molecular weight is 475 g/mol. The molecule has 0 aromatic heterocycles. The molecule has 0 saturated carbocycles. The molecular formula is C23H23ClN2O5S. The first kappa shape index (κ1) is 23.4. The van der Waals surface area contributed by atoms with Crippen molar-refractivity contribution in [1.82, 2.24) is 0 Å². The maximum absolute atomic E-state index is 13.5. The van der Waals surface area contributed by atoms with E-state index in [9.17, 15) is 13.2 Å². The van der Waals surface area contributed by atoms with Crippen LogP contribution in [-0.2, 0) is 14.8 Å². The average Bonchev–Trinajstić information content (AvgIpc) is 2.79. The van der Waals surface area contributed by atoms with Gasteiger partial charge in [0, 0.05) is 11.1 Å². The first-order chi connectivity index (χ1) is 15.3. The van der Waals surface area contributed by atoms with Crippen molar-refractivity contribution in [3.8, 4) is 11.5 Å². The van der Waals surface area contributed by atoms with Gasteiger partial charge in [-0.2, -0.15) is 0 Å². The maximum Gasteiger partial charge on any atom is 0.264 e. The van der Waals surface area contributed by atoms with Gasteiger partial charge < -0.3 is 14.8 Å². The topological polar surface area (TPSA) is 84.9 Å². The third kappa shape index (κ3) is 5.15. The Bertz CT molecular complexity index is 1220. The summed E-state index contributed by atoms with van der Waals surface area (Å²) >= 11 is 6.14. The SMILES string of the molecule is COc1ccc(OC)c(NC(=O)CN(c2cc(Cl)ccc2C)S(=O)(=O)c2ccccc2)c1. The van der Waals surface area contributed by atoms with Gasteiger partial charge in [-0.1, -0.05) is 35.9 Å². The second-order valence-corrected chi connectivity index (χ2v) is 9.17. The second-order valence-electron chi connectivity index (χ2n) is 6.87. The quantitative estimate of drug-likeness (QED) is 0.519. The Morgan fingerprint density at radius 1 is 1.00 bits per heavy atom. The summed E-state index contributed by atoms with van der Waals surface area (Å²) in [5.74, 6) is 0.367. The number of anilines is 2. The number of amides is 1. The number of nitrogens with one attached hydrogen (secondary N) is 1. The summed E-state index contributed by atoms with van der Waals surface area (Å²) < 4.78 is 38.5. The lowest BCUT2D eigenvalue weighted by Crippen LogP contribution is -2.38. The number of halogens is 1. The highest BCUT2D eigenvalue weighted by molar-refractivity contribution is 7.92. The van der Waals surface area contributed by atoms with Crippen LogP contribution in [0.2, 0.25) is 5.02 Å². The Morgan fingerprint density at radius 2 is 1.72 bits per heavy atom. The number of sulfonamides is 1. The van der Waals surface area contributed by atoms with E-state index in [2.05, 4.69) is 5.32 Å². The maximum atomic E-state index is 13.5. The minimum atomic E-state index is -4.05. The molecule has 0 fully saturated rings. The van der Waals surface area contributed by atoms with Crippen LogP contribution in [0.15, 0.2) is 71.6 Å². The molecule has 32 heavy (non-hydrogen) atoms. The van der Waals surface area contributed by atoms with Gasteiger partial charge in [-0.25, -0.2) is 8.42 Å². The highest BCUT2D eigenvalue weighted by Crippen LogP contribution is 2.31. The number of rotatable bonds is 8. The number of carbonyl (C=O) groups excluding carboxylic acids is 1. The number of hydrogen-bond acceptors (Lipinski definition) is 5. The third-order valence-corrected chi connectivity index (χ3v) is 6.75. The zero-order chi connectivity index (χ0) is 23.3. The first-order valence-corrected chi connectivity index (χ1v) is 11.4. The van der Waals surface area contributed by atoms with Crippen molar-refractivity contribution in [1.29, 1.82) is 0 Å². The summed E-state index contributed by atoms with van der Waals surface area (Å²) in [7, 11) is -1.08. The van der Waals surface area contributed by atoms with Crippen molar-refractivity contribution >= 4 is 38.9 Å². The standard InChI is InChI=1S/C23H23ClN2O5S/c1-16-9-10-17(24)13-21(16)26(32(28,29)19-7-5-4-6-8-19)15-23(27)25-20-14-18(30-2)11-12-22(20)31-3/h4-14H,15H2,1-3H3,(H,25,27). The molecule has 7 nitrogen and oxygen atoms in total. The molecule has 168 valence electrons. The largest absolute Gasteiger partial charge is 0.497 e. The van der Waals surface area contributed by atoms with Gasteiger partial charge in [0.25, 0.3) is 10.0 Å². The van der Waals surface area contributed by atoms with Crippen molar-refractivity contribution in [2.75, 3.05) is 30.4 Å². The zero-order valence-electron chi connectivity index (χ0n) is 17.8. The number of carbonyl (C=O) groups is 1. The van der Waals surface area contributed by atoms with E-state index in [4.69, 9.17) is 21.1 Å². The smallest absolute Gasteiger partial charge is 0.264 e. The molecule has 0 atom stereocenters. The van der Waals surface area contributed by atoms with Gasteiger partial charge in [-0.15, -0.1) is 0 Å². The zero-order valence-corrected chi connectivity index (χ0v) is 19.4. The summed E-state index contributed by atoms with van der Waals surface area (Å²) in [5.41, 5.74) is 1.33. The molecular weight excluding hydrogens is 452 g/mol. The Morgan fingerprint density at radius 3 is 2.38 bits per heavy atom. The molecule has 0 unspecified atom stereocenters. The molecule has 0 aliphatic rings. The number of nitrogens with zero attached hydrogens (tertiary/aromatic N) is 1. The van der Waals surface area contributed by atoms with E-state index in [0.717, 1.165) is 4.31 Å². The lowest BCUT2D eigenvalue weighted by molar-refractivity contribution is -0.114. The molecule has 0 aliphatic heterocycles. The van der Waals surface area contributed by atoms with Gasteiger partial charge in [-0.3, -0.25) is 9.10 Å². The summed E-state index contributed by atoms with van der Waals surface area (Å²) in [6, 6.07) is 17.7. The highest BCUT2D eigenvalue weighted by Gasteiger charge is 2.28. The molecule has 0 saturated heterocycles. The van der Waals surface area contributed by atoms with E-state index in [1.807, 2.05) is 0 Å². The highest BCUT2D eigenvalue weighted by atomic mass is 35.5. The second kappa shape index (κ2) is 9.93. The van der Waals surface area contributed by atoms with E-state index < -0.39 is 22.5 Å². The van der Waals surface area contributed by atoms with Crippen LogP contribution in [0.4, 0.5) is 11.4 Å². The number of hydrogen-bond donors (Lipinski definition) is 1. The molecule has 0 spiro atoms. The molecule has 3 rings (SSSR count). The van der Waals surface area contributed by atoms with Gasteiger partial charge in [0.2, 0.25) is 5.91 Å². The van der Waals surface area contributed by atoms with Crippen LogP contribution < -0.4 is 19.1 Å². The molecule has 0 aliphatic carbocycles. The Kier molecular flexibility index (Phi) is 7.27. The number of aryl methyl sites for hydroxylation is 1. The van der Waals surface area contributed by atoms with Gasteiger partial charge in [-0.05, 0) is 48.9 Å².